The second-order valence-electron chi connectivity index (χ2n) is 5.65. The van der Waals surface area contributed by atoms with Crippen LogP contribution in [0.2, 0.25) is 0 Å². The Kier molecular flexibility index (Phi) is 8.49. The van der Waals surface area contributed by atoms with Crippen LogP contribution in [0.1, 0.15) is 27.7 Å². The van der Waals surface area contributed by atoms with E-state index in [0.717, 1.165) is 20.8 Å². The Labute approximate surface area is 154 Å². The van der Waals surface area contributed by atoms with Crippen molar-refractivity contribution in [2.75, 3.05) is 13.2 Å². The average molecular weight is 387 g/mol. The topological polar surface area (TPSA) is 163 Å². The van der Waals surface area contributed by atoms with E-state index in [1.54, 1.807) is 0 Å². The molecule has 27 heavy (non-hydrogen) atoms. The van der Waals surface area contributed by atoms with Crippen LogP contribution in [0.25, 0.3) is 10.4 Å². The Morgan fingerprint density at radius 2 is 1.33 bits per heavy atom. The number of hydrogen-bond donors (Lipinski definition) is 0. The molecule has 0 aromatic heterocycles. The molecule has 0 N–H and O–H groups in total. The third-order valence-corrected chi connectivity index (χ3v) is 3.41. The summed E-state index contributed by atoms with van der Waals surface area (Å²) in [6.45, 7) is 3.95. The molecule has 0 unspecified atom stereocenters. The van der Waals surface area contributed by atoms with Crippen molar-refractivity contribution in [2.24, 2.45) is 5.11 Å². The molecule has 1 aliphatic heterocycles. The standard InChI is InChI=1S/C15H21N3O9/c1-7(19)23-6-12-14(25-9(3)21)15(26-10(4)22)13(24-8(2)20)11(27-12)5-17-18-16/h11-15H,5-6H2,1-4H3/t11-,12+,13-,14+,15+/m0/s1. The number of esters is 4. The number of carbonyl (C=O) groups is 4. The molecule has 12 nitrogen and oxygen atoms in total. The van der Waals surface area contributed by atoms with Crippen molar-refractivity contribution in [1.29, 1.82) is 0 Å². The maximum absolute atomic E-state index is 11.6. The first-order valence-electron chi connectivity index (χ1n) is 7.97. The molecular formula is C15H21N3O9. The van der Waals surface area contributed by atoms with E-state index in [0.29, 0.717) is 0 Å². The van der Waals surface area contributed by atoms with Gasteiger partial charge in [0.05, 0.1) is 6.54 Å². The van der Waals surface area contributed by atoms with Gasteiger partial charge < -0.3 is 23.7 Å². The highest BCUT2D eigenvalue weighted by Crippen LogP contribution is 2.29. The number of carbonyl (C=O) groups excluding carboxylic acids is 4. The lowest BCUT2D eigenvalue weighted by molar-refractivity contribution is -0.250. The summed E-state index contributed by atoms with van der Waals surface area (Å²) in [5.41, 5.74) is 8.56. The second-order valence-corrected chi connectivity index (χ2v) is 5.65. The third-order valence-electron chi connectivity index (χ3n) is 3.41. The van der Waals surface area contributed by atoms with Crippen molar-refractivity contribution >= 4 is 23.9 Å². The lowest BCUT2D eigenvalue weighted by atomic mass is 9.94. The summed E-state index contributed by atoms with van der Waals surface area (Å²) in [4.78, 5) is 48.3. The first kappa shape index (κ1) is 22.2. The van der Waals surface area contributed by atoms with Crippen LogP contribution >= 0.6 is 0 Å². The predicted octanol–water partition coefficient (Wildman–Crippen LogP) is 0.422. The molecule has 150 valence electrons. The molecule has 0 aromatic rings. The van der Waals surface area contributed by atoms with Gasteiger partial charge in [0.2, 0.25) is 0 Å². The maximum atomic E-state index is 11.6. The van der Waals surface area contributed by atoms with Crippen LogP contribution in [0.15, 0.2) is 5.11 Å². The van der Waals surface area contributed by atoms with Gasteiger partial charge in [0.25, 0.3) is 0 Å². The normalized spacial score (nSPS) is 26.9. The fourth-order valence-corrected chi connectivity index (χ4v) is 2.58. The highest BCUT2D eigenvalue weighted by molar-refractivity contribution is 5.68. The number of ether oxygens (including phenoxy) is 5. The molecule has 0 spiro atoms. The van der Waals surface area contributed by atoms with Gasteiger partial charge in [-0.1, -0.05) is 5.11 Å². The van der Waals surface area contributed by atoms with Gasteiger partial charge in [-0.25, -0.2) is 0 Å². The molecule has 1 saturated heterocycles. The zero-order valence-electron chi connectivity index (χ0n) is 15.3. The largest absolute Gasteiger partial charge is 0.463 e. The van der Waals surface area contributed by atoms with E-state index < -0.39 is 54.4 Å². The van der Waals surface area contributed by atoms with Crippen LogP contribution in [0.4, 0.5) is 0 Å². The van der Waals surface area contributed by atoms with Crippen LogP contribution in [0, 0.1) is 0 Å². The minimum absolute atomic E-state index is 0.268. The smallest absolute Gasteiger partial charge is 0.303 e. The summed E-state index contributed by atoms with van der Waals surface area (Å²) in [7, 11) is 0. The fraction of sp³-hybridized carbons (Fsp3) is 0.733. The lowest BCUT2D eigenvalue weighted by Gasteiger charge is -2.44. The molecular weight excluding hydrogens is 366 g/mol. The second kappa shape index (κ2) is 10.3. The van der Waals surface area contributed by atoms with Gasteiger partial charge in [-0.05, 0) is 5.53 Å². The molecule has 5 atom stereocenters. The van der Waals surface area contributed by atoms with Crippen molar-refractivity contribution < 1.29 is 42.9 Å². The molecule has 0 bridgehead atoms. The van der Waals surface area contributed by atoms with Gasteiger partial charge >= 0.3 is 23.9 Å². The maximum Gasteiger partial charge on any atom is 0.303 e. The van der Waals surface area contributed by atoms with Gasteiger partial charge in [0.15, 0.2) is 18.3 Å². The average Bonchev–Trinajstić information content (AvgIpc) is 2.54. The molecule has 0 saturated carbocycles. The molecule has 12 heteroatoms. The Balaban J connectivity index is 3.28. The SMILES string of the molecule is CC(=O)OC[C@H]1O[C@@H](CN=[N+]=[N-])[C@H](OC(C)=O)[C@@H](OC(C)=O)[C@@H]1OC(C)=O. The summed E-state index contributed by atoms with van der Waals surface area (Å²) in [6.07, 6.45) is -5.77. The third kappa shape index (κ3) is 7.12. The van der Waals surface area contributed by atoms with E-state index in [4.69, 9.17) is 29.2 Å². The van der Waals surface area contributed by atoms with Gasteiger partial charge in [-0.3, -0.25) is 19.2 Å². The lowest BCUT2D eigenvalue weighted by Crippen LogP contribution is -2.63. The summed E-state index contributed by atoms with van der Waals surface area (Å²) in [5, 5.41) is 3.39. The van der Waals surface area contributed by atoms with E-state index >= 15 is 0 Å². The molecule has 1 aliphatic rings. The zero-order chi connectivity index (χ0) is 20.6. The minimum Gasteiger partial charge on any atom is -0.463 e. The first-order valence-corrected chi connectivity index (χ1v) is 7.97. The van der Waals surface area contributed by atoms with Crippen LogP contribution < -0.4 is 0 Å². The number of nitrogens with zero attached hydrogens (tertiary/aromatic N) is 3. The monoisotopic (exact) mass is 387 g/mol. The summed E-state index contributed by atoms with van der Waals surface area (Å²) >= 11 is 0. The first-order chi connectivity index (χ1) is 12.6. The highest BCUT2D eigenvalue weighted by atomic mass is 16.7. The molecule has 1 heterocycles. The van der Waals surface area contributed by atoms with E-state index in [1.807, 2.05) is 0 Å². The Hall–Kier alpha value is -2.85. The fourth-order valence-electron chi connectivity index (χ4n) is 2.58. The molecule has 1 fully saturated rings. The quantitative estimate of drug-likeness (QED) is 0.198. The zero-order valence-corrected chi connectivity index (χ0v) is 15.3. The molecule has 0 aromatic carbocycles. The van der Waals surface area contributed by atoms with Crippen molar-refractivity contribution in [3.8, 4) is 0 Å². The number of hydrogen-bond acceptors (Lipinski definition) is 10. The van der Waals surface area contributed by atoms with Crippen molar-refractivity contribution in [1.82, 2.24) is 0 Å². The van der Waals surface area contributed by atoms with Crippen molar-refractivity contribution in [2.45, 2.75) is 58.2 Å². The molecule has 1 rings (SSSR count). The van der Waals surface area contributed by atoms with Gasteiger partial charge in [0, 0.05) is 32.6 Å². The molecule has 0 amide bonds. The summed E-state index contributed by atoms with van der Waals surface area (Å²) in [5.74, 6) is -2.78. The van der Waals surface area contributed by atoms with E-state index in [2.05, 4.69) is 10.0 Å². The van der Waals surface area contributed by atoms with E-state index in [9.17, 15) is 19.2 Å². The predicted molar refractivity (Wildman–Crippen MR) is 86.0 cm³/mol. The number of rotatable bonds is 7. The van der Waals surface area contributed by atoms with Gasteiger partial charge in [-0.2, -0.15) is 0 Å². The van der Waals surface area contributed by atoms with Crippen LogP contribution in [-0.4, -0.2) is 67.5 Å². The van der Waals surface area contributed by atoms with E-state index in [-0.39, 0.29) is 13.2 Å². The highest BCUT2D eigenvalue weighted by Gasteiger charge is 2.51. The molecule has 0 aliphatic carbocycles. The van der Waals surface area contributed by atoms with Crippen molar-refractivity contribution in [3.63, 3.8) is 0 Å². The van der Waals surface area contributed by atoms with Gasteiger partial charge in [0.1, 0.15) is 18.8 Å². The van der Waals surface area contributed by atoms with Crippen LogP contribution in [0.3, 0.4) is 0 Å². The Morgan fingerprint density at radius 1 is 0.852 bits per heavy atom. The summed E-state index contributed by atoms with van der Waals surface area (Å²) in [6, 6.07) is 0. The van der Waals surface area contributed by atoms with Crippen molar-refractivity contribution in [3.05, 3.63) is 10.4 Å². The van der Waals surface area contributed by atoms with E-state index in [1.165, 1.54) is 6.92 Å². The number of azide groups is 1. The van der Waals surface area contributed by atoms with Crippen LogP contribution in [0.5, 0.6) is 0 Å². The van der Waals surface area contributed by atoms with Crippen LogP contribution in [-0.2, 0) is 42.9 Å². The molecule has 0 radical (unpaired) electrons. The summed E-state index contributed by atoms with van der Waals surface area (Å²) < 4.78 is 26.2. The van der Waals surface area contributed by atoms with Gasteiger partial charge in [-0.15, -0.1) is 0 Å². The Morgan fingerprint density at radius 3 is 1.78 bits per heavy atom. The Bertz CT molecular complexity index is 632. The minimum atomic E-state index is -1.26.